The lowest BCUT2D eigenvalue weighted by Gasteiger charge is -2.39. The molecule has 1 aliphatic heterocycles. The summed E-state index contributed by atoms with van der Waals surface area (Å²) in [7, 11) is -0.179. The Morgan fingerprint density at radius 2 is 2.13 bits per heavy atom. The van der Waals surface area contributed by atoms with Gasteiger partial charge < -0.3 is 23.8 Å². The summed E-state index contributed by atoms with van der Waals surface area (Å²) in [5.74, 6) is -0.462. The Hall–Kier alpha value is -0.698. The van der Waals surface area contributed by atoms with Gasteiger partial charge in [0.15, 0.2) is 8.32 Å². The van der Waals surface area contributed by atoms with Crippen molar-refractivity contribution in [2.45, 2.75) is 76.1 Å². The van der Waals surface area contributed by atoms with E-state index in [1.165, 1.54) is 0 Å². The van der Waals surface area contributed by atoms with Crippen molar-refractivity contribution in [2.24, 2.45) is 0 Å². The van der Waals surface area contributed by atoms with Gasteiger partial charge in [-0.05, 0) is 18.1 Å². The van der Waals surface area contributed by atoms with Crippen LogP contribution in [-0.2, 0) is 23.5 Å². The molecule has 0 spiro atoms. The summed E-state index contributed by atoms with van der Waals surface area (Å²) in [5.41, 5.74) is 0. The van der Waals surface area contributed by atoms with Crippen molar-refractivity contribution >= 4 is 28.4 Å². The Bertz CT molecular complexity index is 442. The Morgan fingerprint density at radius 1 is 1.48 bits per heavy atom. The van der Waals surface area contributed by atoms with Crippen molar-refractivity contribution in [1.82, 2.24) is 0 Å². The Kier molecular flexibility index (Phi) is 6.42. The number of carbonyl (C=O) groups is 2. The Morgan fingerprint density at radius 3 is 2.65 bits per heavy atom. The molecule has 4 atom stereocenters. The molecule has 1 unspecified atom stereocenters. The third-order valence-electron chi connectivity index (χ3n) is 4.65. The standard InChI is InChI=1S/C15H29BO6Si/c1-15(2,3)23(4,5)22-13-12(19)10(21-14(13)16)9-20-11(18)7-6-8-17/h8,10,12-14,19H,6-7,9,16H2,1-5H3/t10-,12?,13+,14-/m1/s1/i19D. The molecule has 6 nitrogen and oxygen atoms in total. The highest BCUT2D eigenvalue weighted by Crippen LogP contribution is 2.39. The number of aliphatic hydroxyl groups is 1. The lowest BCUT2D eigenvalue weighted by Crippen LogP contribution is -2.49. The zero-order chi connectivity index (χ0) is 18.5. The molecular formula is C15H29BO6Si. The predicted molar refractivity (Wildman–Crippen MR) is 91.5 cm³/mol. The first-order chi connectivity index (χ1) is 11.0. The number of hydrogen-bond donors (Lipinski definition) is 1. The van der Waals surface area contributed by atoms with Gasteiger partial charge in [0, 0.05) is 6.42 Å². The van der Waals surface area contributed by atoms with Crippen LogP contribution in [0.4, 0.5) is 0 Å². The summed E-state index contributed by atoms with van der Waals surface area (Å²) >= 11 is 0. The first kappa shape index (κ1) is 18.6. The van der Waals surface area contributed by atoms with Crippen LogP contribution in [0.3, 0.4) is 0 Å². The summed E-state index contributed by atoms with van der Waals surface area (Å²) in [4.78, 5) is 21.8. The highest BCUT2D eigenvalue weighted by atomic mass is 28.4. The number of hydrogen-bond acceptors (Lipinski definition) is 6. The summed E-state index contributed by atoms with van der Waals surface area (Å²) in [5, 5.41) is 4.88. The molecule has 0 aliphatic carbocycles. The van der Waals surface area contributed by atoms with Gasteiger partial charge in [0.1, 0.15) is 32.9 Å². The molecule has 0 aromatic heterocycles. The van der Waals surface area contributed by atoms with Gasteiger partial charge in [0.2, 0.25) is 1.43 Å². The van der Waals surface area contributed by atoms with E-state index in [1.807, 2.05) is 7.85 Å². The zero-order valence-electron chi connectivity index (χ0n) is 16.0. The molecule has 0 aromatic carbocycles. The number of carbonyl (C=O) groups excluding carboxylic acids is 2. The molecule has 8 heteroatoms. The monoisotopic (exact) mass is 345 g/mol. The Balaban J connectivity index is 2.70. The van der Waals surface area contributed by atoms with Crippen molar-refractivity contribution in [1.29, 1.82) is 1.43 Å². The lowest BCUT2D eigenvalue weighted by molar-refractivity contribution is -0.149. The summed E-state index contributed by atoms with van der Waals surface area (Å²) in [6.45, 7) is 10.7. The fourth-order valence-corrected chi connectivity index (χ4v) is 3.51. The maximum Gasteiger partial charge on any atom is 0.306 e. The van der Waals surface area contributed by atoms with Gasteiger partial charge in [-0.2, -0.15) is 0 Å². The minimum Gasteiger partial charge on any atom is -0.463 e. The maximum absolute atomic E-state index is 11.5. The van der Waals surface area contributed by atoms with Crippen molar-refractivity contribution in [3.63, 3.8) is 0 Å². The van der Waals surface area contributed by atoms with Gasteiger partial charge in [-0.25, -0.2) is 0 Å². The van der Waals surface area contributed by atoms with E-state index in [9.17, 15) is 9.59 Å². The first-order valence-corrected chi connectivity index (χ1v) is 11.0. The molecular weight excluding hydrogens is 315 g/mol. The van der Waals surface area contributed by atoms with E-state index in [0.29, 0.717) is 6.29 Å². The Labute approximate surface area is 141 Å². The van der Waals surface area contributed by atoms with Crippen LogP contribution in [0, 0.1) is 0 Å². The van der Waals surface area contributed by atoms with Crippen LogP contribution in [0.15, 0.2) is 0 Å². The molecule has 1 heterocycles. The van der Waals surface area contributed by atoms with Crippen LogP contribution < -0.4 is 0 Å². The van der Waals surface area contributed by atoms with Gasteiger partial charge in [-0.1, -0.05) is 20.8 Å². The summed E-state index contributed by atoms with van der Waals surface area (Å²) in [6, 6.07) is -0.256. The third-order valence-corrected chi connectivity index (χ3v) is 9.13. The third kappa shape index (κ3) is 5.41. The zero-order valence-corrected chi connectivity index (χ0v) is 16.0. The van der Waals surface area contributed by atoms with Gasteiger partial charge >= 0.3 is 5.97 Å². The molecule has 132 valence electrons. The molecule has 0 amide bonds. The van der Waals surface area contributed by atoms with Crippen molar-refractivity contribution in [3.8, 4) is 0 Å². The molecule has 23 heavy (non-hydrogen) atoms. The van der Waals surface area contributed by atoms with Crippen molar-refractivity contribution in [3.05, 3.63) is 0 Å². The van der Waals surface area contributed by atoms with Crippen LogP contribution in [0.1, 0.15) is 33.6 Å². The topological polar surface area (TPSA) is 82.1 Å². The molecule has 1 N–H and O–H groups in total. The van der Waals surface area contributed by atoms with E-state index in [4.69, 9.17) is 20.4 Å². The number of aldehydes is 1. The normalized spacial score (nSPS) is 29.2. The van der Waals surface area contributed by atoms with Crippen LogP contribution >= 0.6 is 0 Å². The second-order valence-corrected chi connectivity index (χ2v) is 12.3. The first-order valence-electron chi connectivity index (χ1n) is 8.49. The van der Waals surface area contributed by atoms with Gasteiger partial charge in [-0.3, -0.25) is 4.79 Å². The molecule has 1 saturated heterocycles. The van der Waals surface area contributed by atoms with Crippen LogP contribution in [-0.4, -0.2) is 65.9 Å². The second-order valence-electron chi connectivity index (χ2n) is 7.58. The summed E-state index contributed by atoms with van der Waals surface area (Å²) < 4.78 is 24.7. The van der Waals surface area contributed by atoms with Gasteiger partial charge in [0.25, 0.3) is 0 Å². The minimum atomic E-state index is -2.05. The lowest BCUT2D eigenvalue weighted by atomic mass is 9.93. The average molecular weight is 345 g/mol. The quantitative estimate of drug-likeness (QED) is 0.395. The predicted octanol–water partition coefficient (Wildman–Crippen LogP) is 0.618. The van der Waals surface area contributed by atoms with Crippen molar-refractivity contribution < 1.29 is 28.6 Å². The van der Waals surface area contributed by atoms with Crippen LogP contribution in [0.2, 0.25) is 18.1 Å². The summed E-state index contributed by atoms with van der Waals surface area (Å²) in [6.07, 6.45) is -0.686. The highest BCUT2D eigenvalue weighted by Gasteiger charge is 2.48. The maximum atomic E-state index is 11.5. The fourth-order valence-electron chi connectivity index (χ4n) is 2.15. The average Bonchev–Trinajstić information content (AvgIpc) is 2.76. The SMILES string of the molecule is [2H]OC1[C@@H](COC(=O)CCC=O)O[C@@H](B)[C@H]1O[Si](C)(C)C(C)(C)C. The van der Waals surface area contributed by atoms with E-state index < -0.39 is 26.5 Å². The number of rotatable bonds is 8. The van der Waals surface area contributed by atoms with Gasteiger partial charge in [0.05, 0.1) is 18.5 Å². The molecule has 0 bridgehead atoms. The van der Waals surface area contributed by atoms with E-state index in [2.05, 4.69) is 33.9 Å². The van der Waals surface area contributed by atoms with Crippen molar-refractivity contribution in [2.75, 3.05) is 6.61 Å². The van der Waals surface area contributed by atoms with E-state index in [1.54, 1.807) is 0 Å². The van der Waals surface area contributed by atoms with Crippen LogP contribution in [0.25, 0.3) is 0 Å². The largest absolute Gasteiger partial charge is 0.463 e. The number of esters is 1. The molecule has 1 fully saturated rings. The molecule has 0 aromatic rings. The second kappa shape index (κ2) is 7.92. The number of aliphatic hydroxyl groups excluding tert-OH is 1. The van der Waals surface area contributed by atoms with Crippen LogP contribution in [0.5, 0.6) is 0 Å². The molecule has 1 aliphatic rings. The number of ether oxygens (including phenoxy) is 2. The van der Waals surface area contributed by atoms with E-state index >= 15 is 0 Å². The smallest absolute Gasteiger partial charge is 0.306 e. The minimum absolute atomic E-state index is 0.0110. The molecule has 0 saturated carbocycles. The van der Waals surface area contributed by atoms with E-state index in [0.717, 1.165) is 0 Å². The fraction of sp³-hybridized carbons (Fsp3) is 0.867. The molecule has 1 rings (SSSR count). The highest BCUT2D eigenvalue weighted by molar-refractivity contribution is 6.74. The van der Waals surface area contributed by atoms with Gasteiger partial charge in [-0.15, -0.1) is 0 Å². The van der Waals surface area contributed by atoms with E-state index in [-0.39, 0.29) is 36.6 Å². The molecule has 0 radical (unpaired) electrons.